The number of rotatable bonds is 2. The quantitative estimate of drug-likeness (QED) is 0.752. The summed E-state index contributed by atoms with van der Waals surface area (Å²) in [6.07, 6.45) is 0. The molecule has 0 aliphatic carbocycles. The summed E-state index contributed by atoms with van der Waals surface area (Å²) in [5, 5.41) is 5.52. The molecular formula is C14H11BrF2N2S. The average molecular weight is 357 g/mol. The molecule has 0 aliphatic heterocycles. The molecule has 2 aromatic rings. The Morgan fingerprint density at radius 3 is 2.40 bits per heavy atom. The third-order valence-corrected chi connectivity index (χ3v) is 3.25. The lowest BCUT2D eigenvalue weighted by Gasteiger charge is -2.12. The summed E-state index contributed by atoms with van der Waals surface area (Å²) in [7, 11) is 0. The predicted octanol–water partition coefficient (Wildman–Crippen LogP) is 4.84. The number of hydrogen-bond donors (Lipinski definition) is 2. The number of halogens is 3. The Labute approximate surface area is 129 Å². The van der Waals surface area contributed by atoms with Gasteiger partial charge in [-0.25, -0.2) is 8.78 Å². The van der Waals surface area contributed by atoms with E-state index in [9.17, 15) is 8.78 Å². The average Bonchev–Trinajstić information content (AvgIpc) is 2.37. The van der Waals surface area contributed by atoms with Crippen LogP contribution in [0.15, 0.2) is 40.9 Å². The van der Waals surface area contributed by atoms with Gasteiger partial charge in [0.2, 0.25) is 0 Å². The Morgan fingerprint density at radius 2 is 1.70 bits per heavy atom. The van der Waals surface area contributed by atoms with E-state index in [0.29, 0.717) is 4.47 Å². The van der Waals surface area contributed by atoms with E-state index in [4.69, 9.17) is 12.2 Å². The van der Waals surface area contributed by atoms with Crippen LogP contribution in [-0.4, -0.2) is 5.11 Å². The zero-order valence-electron chi connectivity index (χ0n) is 10.5. The first-order valence-electron chi connectivity index (χ1n) is 5.75. The molecule has 0 bridgehead atoms. The zero-order valence-corrected chi connectivity index (χ0v) is 12.9. The van der Waals surface area contributed by atoms with Crippen LogP contribution >= 0.6 is 28.1 Å². The molecule has 0 saturated carbocycles. The first-order valence-corrected chi connectivity index (χ1v) is 6.95. The van der Waals surface area contributed by atoms with E-state index >= 15 is 0 Å². The normalized spacial score (nSPS) is 10.2. The summed E-state index contributed by atoms with van der Waals surface area (Å²) in [6.45, 7) is 1.84. The zero-order chi connectivity index (χ0) is 14.7. The molecule has 0 fully saturated rings. The van der Waals surface area contributed by atoms with Crippen LogP contribution in [0.2, 0.25) is 0 Å². The van der Waals surface area contributed by atoms with Crippen molar-refractivity contribution < 1.29 is 8.78 Å². The number of aryl methyl sites for hydroxylation is 1. The molecule has 2 rings (SSSR count). The third-order valence-electron chi connectivity index (χ3n) is 2.55. The van der Waals surface area contributed by atoms with Crippen LogP contribution in [0.1, 0.15) is 5.56 Å². The smallest absolute Gasteiger partial charge is 0.175 e. The van der Waals surface area contributed by atoms with Crippen LogP contribution in [0, 0.1) is 18.6 Å². The first kappa shape index (κ1) is 14.9. The number of benzene rings is 2. The van der Waals surface area contributed by atoms with Gasteiger partial charge in [-0.1, -0.05) is 22.0 Å². The van der Waals surface area contributed by atoms with Gasteiger partial charge < -0.3 is 10.6 Å². The Morgan fingerprint density at radius 1 is 1.00 bits per heavy atom. The van der Waals surface area contributed by atoms with Crippen LogP contribution in [0.4, 0.5) is 20.2 Å². The summed E-state index contributed by atoms with van der Waals surface area (Å²) >= 11 is 8.21. The fourth-order valence-corrected chi connectivity index (χ4v) is 2.15. The molecule has 2 N–H and O–H groups in total. The molecular weight excluding hydrogens is 346 g/mol. The van der Waals surface area contributed by atoms with Gasteiger partial charge in [0.05, 0.1) is 11.4 Å². The number of nitrogens with one attached hydrogen (secondary N) is 2. The fourth-order valence-electron chi connectivity index (χ4n) is 1.60. The molecule has 0 amide bonds. The van der Waals surface area contributed by atoms with E-state index in [1.807, 2.05) is 6.92 Å². The Hall–Kier alpha value is -1.53. The fraction of sp³-hybridized carbons (Fsp3) is 0.0714. The summed E-state index contributed by atoms with van der Waals surface area (Å²) in [4.78, 5) is 0. The second-order valence-corrected chi connectivity index (χ2v) is 5.51. The van der Waals surface area contributed by atoms with Gasteiger partial charge in [0.15, 0.2) is 5.11 Å². The van der Waals surface area contributed by atoms with Crippen molar-refractivity contribution in [1.82, 2.24) is 0 Å². The lowest BCUT2D eigenvalue weighted by Crippen LogP contribution is -2.20. The van der Waals surface area contributed by atoms with Gasteiger partial charge in [0, 0.05) is 4.47 Å². The predicted molar refractivity (Wildman–Crippen MR) is 85.1 cm³/mol. The number of hydrogen-bond acceptors (Lipinski definition) is 1. The largest absolute Gasteiger partial charge is 0.330 e. The maximum atomic E-state index is 13.6. The van der Waals surface area contributed by atoms with Gasteiger partial charge in [-0.3, -0.25) is 0 Å². The van der Waals surface area contributed by atoms with Crippen LogP contribution in [0.3, 0.4) is 0 Å². The molecule has 104 valence electrons. The topological polar surface area (TPSA) is 24.1 Å². The van der Waals surface area contributed by atoms with Gasteiger partial charge in [-0.05, 0) is 55.0 Å². The van der Waals surface area contributed by atoms with E-state index in [2.05, 4.69) is 26.6 Å². The van der Waals surface area contributed by atoms with E-state index in [0.717, 1.165) is 5.56 Å². The second kappa shape index (κ2) is 6.28. The lowest BCUT2D eigenvalue weighted by atomic mass is 10.2. The molecule has 0 unspecified atom stereocenters. The Kier molecular flexibility index (Phi) is 4.67. The van der Waals surface area contributed by atoms with Gasteiger partial charge >= 0.3 is 0 Å². The number of anilines is 2. The van der Waals surface area contributed by atoms with Gasteiger partial charge in [0.25, 0.3) is 0 Å². The molecule has 2 nitrogen and oxygen atoms in total. The van der Waals surface area contributed by atoms with Crippen molar-refractivity contribution in [2.75, 3.05) is 10.6 Å². The molecule has 0 aromatic heterocycles. The molecule has 0 saturated heterocycles. The molecule has 6 heteroatoms. The van der Waals surface area contributed by atoms with Gasteiger partial charge in [0.1, 0.15) is 11.6 Å². The summed E-state index contributed by atoms with van der Waals surface area (Å²) in [6, 6.07) is 9.17. The van der Waals surface area contributed by atoms with Crippen LogP contribution in [0.5, 0.6) is 0 Å². The molecule has 0 spiro atoms. The standard InChI is InChI=1S/C14H11BrF2N2S/c1-8-2-4-10(16)13(6-8)19-14(20)18-12-5-3-9(15)7-11(12)17/h2-7H,1H3,(H2,18,19,20). The van der Waals surface area contributed by atoms with Crippen molar-refractivity contribution in [3.05, 3.63) is 58.1 Å². The highest BCUT2D eigenvalue weighted by Crippen LogP contribution is 2.20. The minimum atomic E-state index is -0.451. The molecule has 0 heterocycles. The van der Waals surface area contributed by atoms with Crippen molar-refractivity contribution in [1.29, 1.82) is 0 Å². The molecule has 0 radical (unpaired) electrons. The molecule has 0 aliphatic rings. The minimum Gasteiger partial charge on any atom is -0.330 e. The van der Waals surface area contributed by atoms with Gasteiger partial charge in [-0.2, -0.15) is 0 Å². The van der Waals surface area contributed by atoms with Crippen LogP contribution < -0.4 is 10.6 Å². The maximum Gasteiger partial charge on any atom is 0.175 e. The highest BCUT2D eigenvalue weighted by Gasteiger charge is 2.07. The SMILES string of the molecule is Cc1ccc(F)c(NC(=S)Nc2ccc(Br)cc2F)c1. The summed E-state index contributed by atoms with van der Waals surface area (Å²) in [5.41, 5.74) is 1.37. The summed E-state index contributed by atoms with van der Waals surface area (Å²) in [5.74, 6) is -0.871. The van der Waals surface area contributed by atoms with E-state index < -0.39 is 11.6 Å². The van der Waals surface area contributed by atoms with E-state index in [-0.39, 0.29) is 16.5 Å². The highest BCUT2D eigenvalue weighted by atomic mass is 79.9. The second-order valence-electron chi connectivity index (χ2n) is 4.19. The third kappa shape index (κ3) is 3.74. The monoisotopic (exact) mass is 356 g/mol. The van der Waals surface area contributed by atoms with Crippen molar-refractivity contribution in [2.24, 2.45) is 0 Å². The Bertz CT molecular complexity index is 662. The van der Waals surface area contributed by atoms with Crippen LogP contribution in [-0.2, 0) is 0 Å². The van der Waals surface area contributed by atoms with Crippen molar-refractivity contribution in [3.63, 3.8) is 0 Å². The van der Waals surface area contributed by atoms with Crippen molar-refractivity contribution in [3.8, 4) is 0 Å². The number of thiocarbonyl (C=S) groups is 1. The molecule has 2 aromatic carbocycles. The molecule has 0 atom stereocenters. The van der Waals surface area contributed by atoms with E-state index in [1.54, 1.807) is 24.3 Å². The molecule has 20 heavy (non-hydrogen) atoms. The van der Waals surface area contributed by atoms with Crippen LogP contribution in [0.25, 0.3) is 0 Å². The summed E-state index contributed by atoms with van der Waals surface area (Å²) < 4.78 is 27.8. The van der Waals surface area contributed by atoms with E-state index in [1.165, 1.54) is 12.1 Å². The first-order chi connectivity index (χ1) is 9.45. The van der Waals surface area contributed by atoms with Gasteiger partial charge in [-0.15, -0.1) is 0 Å². The minimum absolute atomic E-state index is 0.121. The van der Waals surface area contributed by atoms with Crippen molar-refractivity contribution in [2.45, 2.75) is 6.92 Å². The van der Waals surface area contributed by atoms with Crippen molar-refractivity contribution >= 4 is 44.6 Å². The Balaban J connectivity index is 2.11. The lowest BCUT2D eigenvalue weighted by molar-refractivity contribution is 0.631. The highest BCUT2D eigenvalue weighted by molar-refractivity contribution is 9.10. The maximum absolute atomic E-state index is 13.6.